The first-order valence-corrected chi connectivity index (χ1v) is 7.32. The lowest BCUT2D eigenvalue weighted by Gasteiger charge is -2.31. The van der Waals surface area contributed by atoms with Gasteiger partial charge < -0.3 is 9.15 Å². The monoisotopic (exact) mass is 285 g/mol. The molecule has 0 radical (unpaired) electrons. The number of ether oxygens (including phenoxy) is 1. The number of carbonyl (C=O) groups excluding carboxylic acids is 1. The molecule has 21 heavy (non-hydrogen) atoms. The minimum absolute atomic E-state index is 0.00498. The summed E-state index contributed by atoms with van der Waals surface area (Å²) in [6, 6.07) is 13.8. The molecule has 0 N–H and O–H groups in total. The largest absolute Gasteiger partial charge is 0.457 e. The van der Waals surface area contributed by atoms with Gasteiger partial charge in [-0.15, -0.1) is 0 Å². The van der Waals surface area contributed by atoms with Crippen molar-refractivity contribution < 1.29 is 13.9 Å². The van der Waals surface area contributed by atoms with Gasteiger partial charge in [-0.25, -0.2) is 4.79 Å². The maximum atomic E-state index is 11.8. The Labute approximate surface area is 124 Å². The summed E-state index contributed by atoms with van der Waals surface area (Å²) in [5.74, 6) is -0.0803. The van der Waals surface area contributed by atoms with Crippen LogP contribution in [0.3, 0.4) is 0 Å². The number of benzene rings is 1. The highest BCUT2D eigenvalue weighted by Crippen LogP contribution is 2.17. The highest BCUT2D eigenvalue weighted by molar-refractivity contribution is 5.86. The zero-order chi connectivity index (χ0) is 14.5. The van der Waals surface area contributed by atoms with Gasteiger partial charge in [0, 0.05) is 19.6 Å². The van der Waals surface area contributed by atoms with Crippen molar-refractivity contribution in [3.63, 3.8) is 0 Å². The first kappa shape index (κ1) is 13.9. The second kappa shape index (κ2) is 6.59. The average molecular weight is 285 g/mol. The van der Waals surface area contributed by atoms with E-state index in [1.165, 1.54) is 11.8 Å². The molecule has 0 aliphatic carbocycles. The molecule has 0 unspecified atom stereocenters. The van der Waals surface area contributed by atoms with Crippen LogP contribution < -0.4 is 0 Å². The van der Waals surface area contributed by atoms with Crippen LogP contribution in [0.25, 0.3) is 0 Å². The maximum absolute atomic E-state index is 11.8. The summed E-state index contributed by atoms with van der Waals surface area (Å²) in [5, 5.41) is 0. The predicted octanol–water partition coefficient (Wildman–Crippen LogP) is 3.10. The summed E-state index contributed by atoms with van der Waals surface area (Å²) in [7, 11) is 0. The van der Waals surface area contributed by atoms with Crippen LogP contribution in [-0.2, 0) is 11.3 Å². The van der Waals surface area contributed by atoms with Crippen LogP contribution in [0.5, 0.6) is 0 Å². The van der Waals surface area contributed by atoms with E-state index in [0.717, 1.165) is 32.5 Å². The maximum Gasteiger partial charge on any atom is 0.374 e. The topological polar surface area (TPSA) is 42.7 Å². The molecule has 110 valence electrons. The van der Waals surface area contributed by atoms with E-state index < -0.39 is 0 Å². The predicted molar refractivity (Wildman–Crippen MR) is 78.9 cm³/mol. The van der Waals surface area contributed by atoms with E-state index in [4.69, 9.17) is 9.15 Å². The van der Waals surface area contributed by atoms with Gasteiger partial charge in [0.05, 0.1) is 6.26 Å². The van der Waals surface area contributed by atoms with Crippen molar-refractivity contribution in [1.29, 1.82) is 0 Å². The lowest BCUT2D eigenvalue weighted by molar-refractivity contribution is 0.00740. The normalized spacial score (nSPS) is 16.8. The molecule has 2 aromatic rings. The van der Waals surface area contributed by atoms with Crippen LogP contribution in [-0.4, -0.2) is 30.1 Å². The Morgan fingerprint density at radius 1 is 1.14 bits per heavy atom. The number of hydrogen-bond donors (Lipinski definition) is 0. The number of carbonyl (C=O) groups is 1. The standard InChI is InChI=1S/C17H19NO3/c19-17(16-7-4-12-20-16)21-15-8-10-18(11-9-15)13-14-5-2-1-3-6-14/h1-7,12,15H,8-11,13H2. The smallest absolute Gasteiger partial charge is 0.374 e. The molecule has 0 bridgehead atoms. The van der Waals surface area contributed by atoms with Gasteiger partial charge in [0.2, 0.25) is 5.76 Å². The number of hydrogen-bond acceptors (Lipinski definition) is 4. The Bertz CT molecular complexity index is 557. The molecule has 1 aliphatic rings. The fourth-order valence-electron chi connectivity index (χ4n) is 2.63. The van der Waals surface area contributed by atoms with Crippen molar-refractivity contribution in [3.05, 3.63) is 60.1 Å². The molecule has 0 amide bonds. The molecule has 1 aromatic carbocycles. The third-order valence-corrected chi connectivity index (χ3v) is 3.78. The Morgan fingerprint density at radius 2 is 1.90 bits per heavy atom. The Balaban J connectivity index is 1.46. The average Bonchev–Trinajstić information content (AvgIpc) is 3.05. The van der Waals surface area contributed by atoms with E-state index >= 15 is 0 Å². The zero-order valence-electron chi connectivity index (χ0n) is 11.9. The van der Waals surface area contributed by atoms with Crippen molar-refractivity contribution >= 4 is 5.97 Å². The number of furan rings is 1. The fraction of sp³-hybridized carbons (Fsp3) is 0.353. The molecular weight excluding hydrogens is 266 g/mol. The van der Waals surface area contributed by atoms with Crippen LogP contribution in [0.15, 0.2) is 53.1 Å². The number of nitrogens with zero attached hydrogens (tertiary/aromatic N) is 1. The molecule has 3 rings (SSSR count). The minimum Gasteiger partial charge on any atom is -0.457 e. The van der Waals surface area contributed by atoms with Crippen molar-refractivity contribution in [2.24, 2.45) is 0 Å². The second-order valence-electron chi connectivity index (χ2n) is 5.34. The summed E-state index contributed by atoms with van der Waals surface area (Å²) in [6.07, 6.45) is 3.23. The van der Waals surface area contributed by atoms with Crippen LogP contribution in [0.1, 0.15) is 29.0 Å². The molecule has 2 heterocycles. The van der Waals surface area contributed by atoms with Gasteiger partial charge in [-0.2, -0.15) is 0 Å². The van der Waals surface area contributed by atoms with Gasteiger partial charge >= 0.3 is 5.97 Å². The Morgan fingerprint density at radius 3 is 2.57 bits per heavy atom. The molecule has 0 atom stereocenters. The Hall–Kier alpha value is -2.07. The van der Waals surface area contributed by atoms with E-state index in [1.54, 1.807) is 12.1 Å². The van der Waals surface area contributed by atoms with Gasteiger partial charge in [0.25, 0.3) is 0 Å². The SMILES string of the molecule is O=C(OC1CCN(Cc2ccccc2)CC1)c1ccco1. The number of piperidine rings is 1. The summed E-state index contributed by atoms with van der Waals surface area (Å²) in [4.78, 5) is 14.2. The first-order valence-electron chi connectivity index (χ1n) is 7.32. The summed E-state index contributed by atoms with van der Waals surface area (Å²) in [6.45, 7) is 2.86. The summed E-state index contributed by atoms with van der Waals surface area (Å²) in [5.41, 5.74) is 1.32. The lowest BCUT2D eigenvalue weighted by atomic mass is 10.1. The Kier molecular flexibility index (Phi) is 4.36. The highest BCUT2D eigenvalue weighted by Gasteiger charge is 2.23. The van der Waals surface area contributed by atoms with E-state index in [1.807, 2.05) is 6.07 Å². The van der Waals surface area contributed by atoms with Crippen LogP contribution >= 0.6 is 0 Å². The molecular formula is C17H19NO3. The van der Waals surface area contributed by atoms with Crippen molar-refractivity contribution in [2.75, 3.05) is 13.1 Å². The van der Waals surface area contributed by atoms with E-state index in [0.29, 0.717) is 0 Å². The highest BCUT2D eigenvalue weighted by atomic mass is 16.6. The fourth-order valence-corrected chi connectivity index (χ4v) is 2.63. The first-order chi connectivity index (χ1) is 10.3. The van der Waals surface area contributed by atoms with E-state index in [9.17, 15) is 4.79 Å². The molecule has 4 nitrogen and oxygen atoms in total. The van der Waals surface area contributed by atoms with Gasteiger partial charge in [0.15, 0.2) is 0 Å². The van der Waals surface area contributed by atoms with Gasteiger partial charge in [-0.1, -0.05) is 30.3 Å². The second-order valence-corrected chi connectivity index (χ2v) is 5.34. The van der Waals surface area contributed by atoms with Crippen molar-refractivity contribution in [1.82, 2.24) is 4.90 Å². The molecule has 4 heteroatoms. The van der Waals surface area contributed by atoms with Crippen molar-refractivity contribution in [2.45, 2.75) is 25.5 Å². The molecule has 1 aliphatic heterocycles. The third-order valence-electron chi connectivity index (χ3n) is 3.78. The number of rotatable bonds is 4. The van der Waals surface area contributed by atoms with Gasteiger partial charge in [-0.05, 0) is 30.5 Å². The van der Waals surface area contributed by atoms with E-state index in [-0.39, 0.29) is 17.8 Å². The zero-order valence-corrected chi connectivity index (χ0v) is 11.9. The molecule has 0 saturated carbocycles. The van der Waals surface area contributed by atoms with Crippen LogP contribution in [0.2, 0.25) is 0 Å². The summed E-state index contributed by atoms with van der Waals surface area (Å²) < 4.78 is 10.5. The molecule has 1 aromatic heterocycles. The quantitative estimate of drug-likeness (QED) is 0.810. The van der Waals surface area contributed by atoms with Crippen molar-refractivity contribution in [3.8, 4) is 0 Å². The van der Waals surface area contributed by atoms with Crippen LogP contribution in [0, 0.1) is 0 Å². The van der Waals surface area contributed by atoms with Gasteiger partial charge in [-0.3, -0.25) is 4.90 Å². The summed E-state index contributed by atoms with van der Waals surface area (Å²) >= 11 is 0. The molecule has 1 fully saturated rings. The molecule has 1 saturated heterocycles. The molecule has 0 spiro atoms. The third kappa shape index (κ3) is 3.73. The minimum atomic E-state index is -0.360. The lowest BCUT2D eigenvalue weighted by Crippen LogP contribution is -2.37. The number of esters is 1. The van der Waals surface area contributed by atoms with Crippen LogP contribution in [0.4, 0.5) is 0 Å². The number of likely N-dealkylation sites (tertiary alicyclic amines) is 1. The van der Waals surface area contributed by atoms with E-state index in [2.05, 4.69) is 29.2 Å². The van der Waals surface area contributed by atoms with Gasteiger partial charge in [0.1, 0.15) is 6.10 Å².